The van der Waals surface area contributed by atoms with Crippen molar-refractivity contribution in [2.45, 2.75) is 13.0 Å². The second-order valence-electron chi connectivity index (χ2n) is 6.58. The molecule has 0 bridgehead atoms. The molecule has 1 aliphatic rings. The van der Waals surface area contributed by atoms with Gasteiger partial charge in [0.05, 0.1) is 12.0 Å². The predicted molar refractivity (Wildman–Crippen MR) is 115 cm³/mol. The smallest absolute Gasteiger partial charge is 0.293 e. The maximum absolute atomic E-state index is 13.8. The summed E-state index contributed by atoms with van der Waals surface area (Å²) in [6.45, 7) is 1.66. The van der Waals surface area contributed by atoms with Crippen LogP contribution in [0.1, 0.15) is 12.5 Å². The van der Waals surface area contributed by atoms with E-state index in [1.54, 1.807) is 50.4 Å². The van der Waals surface area contributed by atoms with Gasteiger partial charge in [0.25, 0.3) is 17.1 Å². The minimum atomic E-state index is -0.774. The standard InChI is InChI=1S/C22H21FN2O5S/c1-14(30-17-9-7-16(29-2)8-10-17)20(26)24-11-12-25-21(27)19(31-22(25)28)13-15-5-3-4-6-18(15)23/h3-10,13-14H,11-12H2,1-2H3,(H,24,26). The van der Waals surface area contributed by atoms with Crippen molar-refractivity contribution < 1.29 is 28.2 Å². The van der Waals surface area contributed by atoms with Crippen molar-refractivity contribution in [3.63, 3.8) is 0 Å². The van der Waals surface area contributed by atoms with Crippen LogP contribution in [-0.4, -0.2) is 48.3 Å². The number of carbonyl (C=O) groups excluding carboxylic acids is 3. The van der Waals surface area contributed by atoms with Crippen LogP contribution in [0.15, 0.2) is 53.4 Å². The Bertz CT molecular complexity index is 1010. The van der Waals surface area contributed by atoms with Gasteiger partial charge in [0, 0.05) is 18.7 Å². The molecular weight excluding hydrogens is 423 g/mol. The number of amides is 3. The number of carbonyl (C=O) groups is 3. The largest absolute Gasteiger partial charge is 0.497 e. The monoisotopic (exact) mass is 444 g/mol. The topological polar surface area (TPSA) is 84.9 Å². The number of ether oxygens (including phenoxy) is 2. The first-order chi connectivity index (χ1) is 14.9. The van der Waals surface area contributed by atoms with Gasteiger partial charge < -0.3 is 14.8 Å². The SMILES string of the molecule is COc1ccc(OC(C)C(=O)NCCN2C(=O)SC(=Cc3ccccc3F)C2=O)cc1. The van der Waals surface area contributed by atoms with Crippen molar-refractivity contribution in [3.05, 3.63) is 64.8 Å². The van der Waals surface area contributed by atoms with Crippen molar-refractivity contribution in [1.82, 2.24) is 10.2 Å². The molecule has 0 saturated carbocycles. The Hall–Kier alpha value is -3.33. The summed E-state index contributed by atoms with van der Waals surface area (Å²) in [6.07, 6.45) is 0.577. The normalized spacial score (nSPS) is 15.8. The third-order valence-electron chi connectivity index (χ3n) is 4.44. The molecule has 31 heavy (non-hydrogen) atoms. The molecule has 3 rings (SSSR count). The molecular formula is C22H21FN2O5S. The maximum Gasteiger partial charge on any atom is 0.293 e. The number of halogens is 1. The van der Waals surface area contributed by atoms with Crippen LogP contribution in [0.2, 0.25) is 0 Å². The molecule has 3 amide bonds. The fourth-order valence-electron chi connectivity index (χ4n) is 2.77. The highest BCUT2D eigenvalue weighted by Gasteiger charge is 2.35. The fraction of sp³-hybridized carbons (Fsp3) is 0.227. The molecule has 9 heteroatoms. The number of benzene rings is 2. The average Bonchev–Trinajstić information content (AvgIpc) is 3.03. The quantitative estimate of drug-likeness (QED) is 0.628. The van der Waals surface area contributed by atoms with E-state index in [-0.39, 0.29) is 29.5 Å². The molecule has 1 N–H and O–H groups in total. The van der Waals surface area contributed by atoms with E-state index in [0.29, 0.717) is 11.5 Å². The molecule has 1 unspecified atom stereocenters. The van der Waals surface area contributed by atoms with Gasteiger partial charge in [0.1, 0.15) is 17.3 Å². The van der Waals surface area contributed by atoms with E-state index in [0.717, 1.165) is 16.7 Å². The van der Waals surface area contributed by atoms with E-state index in [1.165, 1.54) is 18.2 Å². The molecule has 2 aromatic carbocycles. The summed E-state index contributed by atoms with van der Waals surface area (Å²) >= 11 is 0.739. The highest BCUT2D eigenvalue weighted by molar-refractivity contribution is 8.18. The number of nitrogens with zero attached hydrogens (tertiary/aromatic N) is 1. The third-order valence-corrected chi connectivity index (χ3v) is 5.35. The summed E-state index contributed by atoms with van der Waals surface area (Å²) in [7, 11) is 1.55. The summed E-state index contributed by atoms with van der Waals surface area (Å²) in [5, 5.41) is 2.18. The van der Waals surface area contributed by atoms with E-state index < -0.39 is 23.1 Å². The Morgan fingerprint density at radius 3 is 2.52 bits per heavy atom. The number of nitrogens with one attached hydrogen (secondary N) is 1. The number of methoxy groups -OCH3 is 1. The number of hydrogen-bond donors (Lipinski definition) is 1. The van der Waals surface area contributed by atoms with Crippen LogP contribution in [-0.2, 0) is 9.59 Å². The van der Waals surface area contributed by atoms with E-state index in [2.05, 4.69) is 5.32 Å². The third kappa shape index (κ3) is 5.64. The summed E-state index contributed by atoms with van der Waals surface area (Å²) in [4.78, 5) is 38.0. The molecule has 1 atom stereocenters. The number of imide groups is 1. The molecule has 2 aromatic rings. The van der Waals surface area contributed by atoms with Gasteiger partial charge in [-0.25, -0.2) is 4.39 Å². The van der Waals surface area contributed by atoms with Gasteiger partial charge in [-0.1, -0.05) is 18.2 Å². The zero-order valence-electron chi connectivity index (χ0n) is 17.0. The Kier molecular flexibility index (Phi) is 7.30. The van der Waals surface area contributed by atoms with E-state index in [1.807, 2.05) is 0 Å². The summed E-state index contributed by atoms with van der Waals surface area (Å²) in [5.74, 6) is -0.203. The maximum atomic E-state index is 13.8. The van der Waals surface area contributed by atoms with Gasteiger partial charge in [0.15, 0.2) is 6.10 Å². The van der Waals surface area contributed by atoms with Crippen molar-refractivity contribution >= 4 is 34.9 Å². The minimum absolute atomic E-state index is 0.000272. The van der Waals surface area contributed by atoms with Crippen LogP contribution in [0, 0.1) is 5.82 Å². The van der Waals surface area contributed by atoms with E-state index in [9.17, 15) is 18.8 Å². The summed E-state index contributed by atoms with van der Waals surface area (Å²) in [5.41, 5.74) is 0.228. The second-order valence-corrected chi connectivity index (χ2v) is 7.57. The van der Waals surface area contributed by atoms with Crippen LogP contribution < -0.4 is 14.8 Å². The van der Waals surface area contributed by atoms with Gasteiger partial charge in [-0.05, 0) is 55.1 Å². The molecule has 162 valence electrons. The van der Waals surface area contributed by atoms with Gasteiger partial charge in [-0.3, -0.25) is 19.3 Å². The molecule has 0 aliphatic carbocycles. The highest BCUT2D eigenvalue weighted by Crippen LogP contribution is 2.32. The zero-order chi connectivity index (χ0) is 22.4. The molecule has 1 fully saturated rings. The molecule has 0 spiro atoms. The van der Waals surface area contributed by atoms with Gasteiger partial charge in [-0.15, -0.1) is 0 Å². The lowest BCUT2D eigenvalue weighted by atomic mass is 10.2. The van der Waals surface area contributed by atoms with E-state index >= 15 is 0 Å². The average molecular weight is 444 g/mol. The van der Waals surface area contributed by atoms with Crippen LogP contribution in [0.5, 0.6) is 11.5 Å². The van der Waals surface area contributed by atoms with Crippen LogP contribution in [0.25, 0.3) is 6.08 Å². The van der Waals surface area contributed by atoms with Crippen molar-refractivity contribution in [2.24, 2.45) is 0 Å². The molecule has 1 heterocycles. The highest BCUT2D eigenvalue weighted by atomic mass is 32.2. The second kappa shape index (κ2) is 10.1. The zero-order valence-corrected chi connectivity index (χ0v) is 17.8. The molecule has 1 aliphatic heterocycles. The van der Waals surface area contributed by atoms with Crippen molar-refractivity contribution in [3.8, 4) is 11.5 Å². The molecule has 0 radical (unpaired) electrons. The Morgan fingerprint density at radius 2 is 1.84 bits per heavy atom. The Labute approximate surface area is 183 Å². The van der Waals surface area contributed by atoms with Gasteiger partial charge in [0.2, 0.25) is 0 Å². The van der Waals surface area contributed by atoms with Crippen molar-refractivity contribution in [1.29, 1.82) is 0 Å². The number of rotatable bonds is 8. The summed E-state index contributed by atoms with van der Waals surface area (Å²) in [6, 6.07) is 12.8. The Morgan fingerprint density at radius 1 is 1.16 bits per heavy atom. The number of thioether (sulfide) groups is 1. The first kappa shape index (κ1) is 22.4. The Balaban J connectivity index is 1.51. The molecule has 0 aromatic heterocycles. The lowest BCUT2D eigenvalue weighted by molar-refractivity contribution is -0.128. The first-order valence-electron chi connectivity index (χ1n) is 9.47. The lowest BCUT2D eigenvalue weighted by Crippen LogP contribution is -2.41. The number of hydrogen-bond acceptors (Lipinski definition) is 6. The first-order valence-corrected chi connectivity index (χ1v) is 10.3. The van der Waals surface area contributed by atoms with E-state index in [4.69, 9.17) is 9.47 Å². The van der Waals surface area contributed by atoms with Gasteiger partial charge in [-0.2, -0.15) is 0 Å². The van der Waals surface area contributed by atoms with Gasteiger partial charge >= 0.3 is 0 Å². The van der Waals surface area contributed by atoms with Crippen LogP contribution >= 0.6 is 11.8 Å². The predicted octanol–water partition coefficient (Wildman–Crippen LogP) is 3.45. The summed E-state index contributed by atoms with van der Waals surface area (Å²) < 4.78 is 24.4. The molecule has 1 saturated heterocycles. The van der Waals surface area contributed by atoms with Crippen molar-refractivity contribution in [2.75, 3.05) is 20.2 Å². The van der Waals surface area contributed by atoms with Crippen LogP contribution in [0.3, 0.4) is 0 Å². The minimum Gasteiger partial charge on any atom is -0.497 e. The van der Waals surface area contributed by atoms with Crippen LogP contribution in [0.4, 0.5) is 9.18 Å². The fourth-order valence-corrected chi connectivity index (χ4v) is 3.63. The molecule has 7 nitrogen and oxygen atoms in total. The lowest BCUT2D eigenvalue weighted by Gasteiger charge is -2.17.